The molecule has 0 aliphatic carbocycles. The maximum absolute atomic E-state index is 5.92. The van der Waals surface area contributed by atoms with Crippen molar-refractivity contribution in [1.82, 2.24) is 0 Å². The third kappa shape index (κ3) is 5.49. The van der Waals surface area contributed by atoms with Gasteiger partial charge in [0.1, 0.15) is 11.5 Å². The van der Waals surface area contributed by atoms with E-state index in [0.717, 1.165) is 29.9 Å². The van der Waals surface area contributed by atoms with Crippen LogP contribution in [0.4, 0.5) is 0 Å². The molecule has 1 aromatic rings. The molecule has 0 fully saturated rings. The Bertz CT molecular complexity index is 368. The molecule has 0 aliphatic rings. The zero-order valence-electron chi connectivity index (χ0n) is 12.1. The van der Waals surface area contributed by atoms with Crippen LogP contribution in [0, 0.1) is 0 Å². The van der Waals surface area contributed by atoms with E-state index in [9.17, 15) is 0 Å². The first-order valence-electron chi connectivity index (χ1n) is 6.82. The highest BCUT2D eigenvalue weighted by atomic mass is 16.5. The lowest BCUT2D eigenvalue weighted by Crippen LogP contribution is -2.16. The fraction of sp³-hybridized carbons (Fsp3) is 0.600. The standard InChI is InChI=1S/C15H25NO3/c1-4-8-18-14-6-5-13(11-16)15(10-14)19-12(2)7-9-17-3/h5-6,10,12H,4,7-9,11,16H2,1-3H3. The van der Waals surface area contributed by atoms with Gasteiger partial charge in [-0.25, -0.2) is 0 Å². The molecule has 0 bridgehead atoms. The smallest absolute Gasteiger partial charge is 0.127 e. The minimum Gasteiger partial charge on any atom is -0.493 e. The topological polar surface area (TPSA) is 53.7 Å². The Balaban J connectivity index is 2.71. The van der Waals surface area contributed by atoms with Crippen LogP contribution in [0.25, 0.3) is 0 Å². The van der Waals surface area contributed by atoms with Crippen LogP contribution in [0.5, 0.6) is 11.5 Å². The molecule has 0 spiro atoms. The molecule has 1 unspecified atom stereocenters. The average molecular weight is 267 g/mol. The summed E-state index contributed by atoms with van der Waals surface area (Å²) in [7, 11) is 1.69. The highest BCUT2D eigenvalue weighted by Gasteiger charge is 2.09. The molecule has 1 rings (SSSR count). The molecule has 19 heavy (non-hydrogen) atoms. The van der Waals surface area contributed by atoms with E-state index in [1.54, 1.807) is 7.11 Å². The first kappa shape index (κ1) is 15.8. The molecule has 1 aromatic carbocycles. The molecule has 0 amide bonds. The van der Waals surface area contributed by atoms with Crippen LogP contribution in [0.3, 0.4) is 0 Å². The van der Waals surface area contributed by atoms with Crippen LogP contribution >= 0.6 is 0 Å². The molecule has 0 saturated carbocycles. The van der Waals surface area contributed by atoms with E-state index in [1.165, 1.54) is 0 Å². The number of hydrogen-bond acceptors (Lipinski definition) is 4. The summed E-state index contributed by atoms with van der Waals surface area (Å²) >= 11 is 0. The van der Waals surface area contributed by atoms with E-state index in [0.29, 0.717) is 19.8 Å². The summed E-state index contributed by atoms with van der Waals surface area (Å²) in [6, 6.07) is 5.81. The molecular formula is C15H25NO3. The number of ether oxygens (including phenoxy) is 3. The van der Waals surface area contributed by atoms with E-state index in [1.807, 2.05) is 25.1 Å². The van der Waals surface area contributed by atoms with Gasteiger partial charge in [0, 0.05) is 38.3 Å². The fourth-order valence-electron chi connectivity index (χ4n) is 1.68. The lowest BCUT2D eigenvalue weighted by molar-refractivity contribution is 0.134. The van der Waals surface area contributed by atoms with Gasteiger partial charge in [0.25, 0.3) is 0 Å². The first-order chi connectivity index (χ1) is 9.21. The van der Waals surface area contributed by atoms with Gasteiger partial charge in [0.05, 0.1) is 12.7 Å². The first-order valence-corrected chi connectivity index (χ1v) is 6.82. The van der Waals surface area contributed by atoms with Crippen molar-refractivity contribution in [2.24, 2.45) is 5.73 Å². The van der Waals surface area contributed by atoms with Crippen molar-refractivity contribution in [3.63, 3.8) is 0 Å². The molecule has 0 aliphatic heterocycles. The number of rotatable bonds is 9. The minimum absolute atomic E-state index is 0.0895. The lowest BCUT2D eigenvalue weighted by atomic mass is 10.2. The zero-order valence-corrected chi connectivity index (χ0v) is 12.1. The van der Waals surface area contributed by atoms with Crippen molar-refractivity contribution < 1.29 is 14.2 Å². The summed E-state index contributed by atoms with van der Waals surface area (Å²) in [6.45, 7) is 5.96. The molecule has 1 atom stereocenters. The van der Waals surface area contributed by atoms with E-state index in [2.05, 4.69) is 6.92 Å². The van der Waals surface area contributed by atoms with Crippen LogP contribution in [0.1, 0.15) is 32.3 Å². The quantitative estimate of drug-likeness (QED) is 0.747. The Labute approximate surface area is 115 Å². The third-order valence-electron chi connectivity index (χ3n) is 2.79. The summed E-state index contributed by atoms with van der Waals surface area (Å²) < 4.78 is 16.6. The summed E-state index contributed by atoms with van der Waals surface area (Å²) in [5.74, 6) is 1.63. The van der Waals surface area contributed by atoms with Crippen molar-refractivity contribution >= 4 is 0 Å². The molecule has 2 N–H and O–H groups in total. The second kappa shape index (κ2) is 8.77. The molecule has 4 heteroatoms. The molecular weight excluding hydrogens is 242 g/mol. The maximum atomic E-state index is 5.92. The van der Waals surface area contributed by atoms with Gasteiger partial charge in [-0.15, -0.1) is 0 Å². The summed E-state index contributed by atoms with van der Waals surface area (Å²) in [4.78, 5) is 0. The van der Waals surface area contributed by atoms with Crippen LogP contribution in [0.15, 0.2) is 18.2 Å². The van der Waals surface area contributed by atoms with Crippen molar-refractivity contribution in [3.05, 3.63) is 23.8 Å². The molecule has 0 saturated heterocycles. The van der Waals surface area contributed by atoms with Gasteiger partial charge in [-0.2, -0.15) is 0 Å². The second-order valence-corrected chi connectivity index (χ2v) is 4.53. The SMILES string of the molecule is CCCOc1ccc(CN)c(OC(C)CCOC)c1. The Morgan fingerprint density at radius 1 is 1.26 bits per heavy atom. The molecule has 108 valence electrons. The van der Waals surface area contributed by atoms with Gasteiger partial charge < -0.3 is 19.9 Å². The average Bonchev–Trinajstić information content (AvgIpc) is 2.43. The van der Waals surface area contributed by atoms with Crippen LogP contribution in [-0.2, 0) is 11.3 Å². The lowest BCUT2D eigenvalue weighted by Gasteiger charge is -2.18. The Morgan fingerprint density at radius 2 is 2.05 bits per heavy atom. The third-order valence-corrected chi connectivity index (χ3v) is 2.79. The van der Waals surface area contributed by atoms with Crippen molar-refractivity contribution in [2.75, 3.05) is 20.3 Å². The number of nitrogens with two attached hydrogens (primary N) is 1. The van der Waals surface area contributed by atoms with Gasteiger partial charge >= 0.3 is 0 Å². The predicted octanol–water partition coefficient (Wildman–Crippen LogP) is 2.74. The zero-order chi connectivity index (χ0) is 14.1. The van der Waals surface area contributed by atoms with Gasteiger partial charge in [-0.1, -0.05) is 13.0 Å². The van der Waals surface area contributed by atoms with Crippen molar-refractivity contribution in [1.29, 1.82) is 0 Å². The number of benzene rings is 1. The highest BCUT2D eigenvalue weighted by molar-refractivity contribution is 5.40. The monoisotopic (exact) mass is 267 g/mol. The molecule has 0 aromatic heterocycles. The highest BCUT2D eigenvalue weighted by Crippen LogP contribution is 2.26. The van der Waals surface area contributed by atoms with Gasteiger partial charge in [-0.05, 0) is 19.4 Å². The largest absolute Gasteiger partial charge is 0.493 e. The van der Waals surface area contributed by atoms with E-state index >= 15 is 0 Å². The minimum atomic E-state index is 0.0895. The van der Waals surface area contributed by atoms with Crippen LogP contribution < -0.4 is 15.2 Å². The maximum Gasteiger partial charge on any atom is 0.127 e. The number of hydrogen-bond donors (Lipinski definition) is 1. The van der Waals surface area contributed by atoms with Crippen LogP contribution in [0.2, 0.25) is 0 Å². The second-order valence-electron chi connectivity index (χ2n) is 4.53. The normalized spacial score (nSPS) is 12.2. The van der Waals surface area contributed by atoms with E-state index < -0.39 is 0 Å². The molecule has 4 nitrogen and oxygen atoms in total. The predicted molar refractivity (Wildman–Crippen MR) is 76.7 cm³/mol. The van der Waals surface area contributed by atoms with E-state index in [4.69, 9.17) is 19.9 Å². The van der Waals surface area contributed by atoms with Gasteiger partial charge in [0.15, 0.2) is 0 Å². The van der Waals surface area contributed by atoms with Crippen LogP contribution in [-0.4, -0.2) is 26.4 Å². The summed E-state index contributed by atoms with van der Waals surface area (Å²) in [5.41, 5.74) is 6.72. The summed E-state index contributed by atoms with van der Waals surface area (Å²) in [5, 5.41) is 0. The Morgan fingerprint density at radius 3 is 2.68 bits per heavy atom. The number of methoxy groups -OCH3 is 1. The van der Waals surface area contributed by atoms with Gasteiger partial charge in [0.2, 0.25) is 0 Å². The van der Waals surface area contributed by atoms with E-state index in [-0.39, 0.29) is 6.10 Å². The summed E-state index contributed by atoms with van der Waals surface area (Å²) in [6.07, 6.45) is 1.92. The molecule has 0 radical (unpaired) electrons. The Kier molecular flexibility index (Phi) is 7.30. The Hall–Kier alpha value is -1.26. The van der Waals surface area contributed by atoms with Gasteiger partial charge in [-0.3, -0.25) is 0 Å². The fourth-order valence-corrected chi connectivity index (χ4v) is 1.68. The molecule has 0 heterocycles. The van der Waals surface area contributed by atoms with Crippen molar-refractivity contribution in [3.8, 4) is 11.5 Å². The van der Waals surface area contributed by atoms with Crippen molar-refractivity contribution in [2.45, 2.75) is 39.3 Å².